The number of hydrogen-bond acceptors (Lipinski definition) is 3. The maximum absolute atomic E-state index is 5.53. The quantitative estimate of drug-likeness (QED) is 0.532. The Labute approximate surface area is 78.1 Å². The summed E-state index contributed by atoms with van der Waals surface area (Å²) in [7, 11) is 1.93. The van der Waals surface area contributed by atoms with Gasteiger partial charge in [0.25, 0.3) is 0 Å². The van der Waals surface area contributed by atoms with Gasteiger partial charge >= 0.3 is 0 Å². The van der Waals surface area contributed by atoms with Gasteiger partial charge in [0.2, 0.25) is 0 Å². The molecule has 1 aromatic rings. The molecule has 2 rings (SSSR count). The van der Waals surface area contributed by atoms with Gasteiger partial charge in [-0.1, -0.05) is 6.42 Å². The zero-order valence-electron chi connectivity index (χ0n) is 7.90. The Hall–Kier alpha value is -0.870. The molecule has 0 aliphatic heterocycles. The summed E-state index contributed by atoms with van der Waals surface area (Å²) in [6.07, 6.45) is 5.82. The Kier molecular flexibility index (Phi) is 2.33. The van der Waals surface area contributed by atoms with Crippen LogP contribution in [0.4, 0.5) is 0 Å². The summed E-state index contributed by atoms with van der Waals surface area (Å²) in [6.45, 7) is 0. The molecule has 1 aromatic heterocycles. The second kappa shape index (κ2) is 3.47. The maximum Gasteiger partial charge on any atom is 0.0810 e. The Bertz CT molecular complexity index is 277. The molecule has 1 unspecified atom stereocenters. The smallest absolute Gasteiger partial charge is 0.0810 e. The van der Waals surface area contributed by atoms with E-state index in [-0.39, 0.29) is 6.04 Å². The van der Waals surface area contributed by atoms with Crippen molar-refractivity contribution in [3.05, 3.63) is 18.0 Å². The highest BCUT2D eigenvalue weighted by Gasteiger charge is 2.28. The lowest BCUT2D eigenvalue weighted by molar-refractivity contribution is 0.228. The second-order valence-electron chi connectivity index (χ2n) is 3.75. The molecule has 0 amide bonds. The highest BCUT2D eigenvalue weighted by atomic mass is 15.3. The molecular weight excluding hydrogens is 164 g/mol. The van der Waals surface area contributed by atoms with Crippen LogP contribution in [0, 0.1) is 5.92 Å². The van der Waals surface area contributed by atoms with Crippen molar-refractivity contribution >= 4 is 0 Å². The van der Waals surface area contributed by atoms with Crippen molar-refractivity contribution in [3.63, 3.8) is 0 Å². The Morgan fingerprint density at radius 3 is 2.85 bits per heavy atom. The number of rotatable bonds is 3. The summed E-state index contributed by atoms with van der Waals surface area (Å²) in [4.78, 5) is 0. The average molecular weight is 180 g/mol. The minimum absolute atomic E-state index is 0.245. The Morgan fingerprint density at radius 1 is 1.69 bits per heavy atom. The van der Waals surface area contributed by atoms with Crippen LogP contribution in [0.1, 0.15) is 31.0 Å². The Morgan fingerprint density at radius 2 is 2.46 bits per heavy atom. The number of nitrogens with zero attached hydrogens (tertiary/aromatic N) is 2. The highest BCUT2D eigenvalue weighted by molar-refractivity contribution is 5.07. The molecule has 4 heteroatoms. The van der Waals surface area contributed by atoms with Gasteiger partial charge in [-0.25, -0.2) is 0 Å². The molecule has 1 aliphatic carbocycles. The number of nitrogens with one attached hydrogen (secondary N) is 1. The molecule has 1 aliphatic rings. The van der Waals surface area contributed by atoms with E-state index >= 15 is 0 Å². The van der Waals surface area contributed by atoms with E-state index in [0.717, 1.165) is 5.69 Å². The molecule has 3 N–H and O–H groups in total. The molecule has 13 heavy (non-hydrogen) atoms. The number of aromatic nitrogens is 2. The van der Waals surface area contributed by atoms with Gasteiger partial charge in [0, 0.05) is 13.2 Å². The van der Waals surface area contributed by atoms with Crippen LogP contribution in [0.2, 0.25) is 0 Å². The molecule has 0 radical (unpaired) electrons. The van der Waals surface area contributed by atoms with E-state index < -0.39 is 0 Å². The first kappa shape index (κ1) is 8.72. The molecule has 0 bridgehead atoms. The number of aryl methyl sites for hydroxylation is 1. The topological polar surface area (TPSA) is 55.9 Å². The van der Waals surface area contributed by atoms with Crippen LogP contribution in [-0.2, 0) is 7.05 Å². The van der Waals surface area contributed by atoms with Crippen LogP contribution in [0.5, 0.6) is 0 Å². The van der Waals surface area contributed by atoms with E-state index in [1.807, 2.05) is 24.0 Å². The van der Waals surface area contributed by atoms with Crippen LogP contribution in [0.3, 0.4) is 0 Å². The first-order chi connectivity index (χ1) is 6.31. The van der Waals surface area contributed by atoms with E-state index in [4.69, 9.17) is 5.84 Å². The van der Waals surface area contributed by atoms with E-state index in [9.17, 15) is 0 Å². The van der Waals surface area contributed by atoms with Crippen LogP contribution in [0.15, 0.2) is 12.3 Å². The van der Waals surface area contributed by atoms with Gasteiger partial charge in [0.05, 0.1) is 11.7 Å². The van der Waals surface area contributed by atoms with Crippen LogP contribution >= 0.6 is 0 Å². The average Bonchev–Trinajstić information content (AvgIpc) is 2.43. The van der Waals surface area contributed by atoms with E-state index in [1.54, 1.807) is 0 Å². The number of hydrogen-bond donors (Lipinski definition) is 2. The minimum Gasteiger partial charge on any atom is -0.275 e. The number of nitrogens with two attached hydrogens (primary N) is 1. The molecule has 0 saturated heterocycles. The van der Waals surface area contributed by atoms with Gasteiger partial charge in [0.1, 0.15) is 0 Å². The van der Waals surface area contributed by atoms with E-state index in [2.05, 4.69) is 10.5 Å². The maximum atomic E-state index is 5.53. The number of hydrazine groups is 1. The first-order valence-electron chi connectivity index (χ1n) is 4.77. The zero-order valence-corrected chi connectivity index (χ0v) is 7.90. The monoisotopic (exact) mass is 180 g/mol. The summed E-state index contributed by atoms with van der Waals surface area (Å²) in [5, 5.41) is 4.36. The van der Waals surface area contributed by atoms with Crippen LogP contribution < -0.4 is 11.3 Å². The van der Waals surface area contributed by atoms with Crippen molar-refractivity contribution in [2.75, 3.05) is 0 Å². The molecule has 1 atom stereocenters. The van der Waals surface area contributed by atoms with Crippen molar-refractivity contribution in [2.45, 2.75) is 25.3 Å². The van der Waals surface area contributed by atoms with Gasteiger partial charge in [-0.05, 0) is 24.8 Å². The molecule has 0 spiro atoms. The SMILES string of the molecule is Cn1ccc(C(NN)C2CCC2)n1. The summed E-state index contributed by atoms with van der Waals surface area (Å²) in [5.41, 5.74) is 3.92. The van der Waals surface area contributed by atoms with Gasteiger partial charge in [-0.15, -0.1) is 0 Å². The summed E-state index contributed by atoms with van der Waals surface area (Å²) in [6, 6.07) is 2.28. The molecule has 4 nitrogen and oxygen atoms in total. The molecule has 1 saturated carbocycles. The fraction of sp³-hybridized carbons (Fsp3) is 0.667. The van der Waals surface area contributed by atoms with Crippen molar-refractivity contribution in [1.82, 2.24) is 15.2 Å². The fourth-order valence-corrected chi connectivity index (χ4v) is 1.84. The van der Waals surface area contributed by atoms with Crippen molar-refractivity contribution in [1.29, 1.82) is 0 Å². The summed E-state index contributed by atoms with van der Waals surface area (Å²) < 4.78 is 1.82. The van der Waals surface area contributed by atoms with Crippen molar-refractivity contribution in [3.8, 4) is 0 Å². The van der Waals surface area contributed by atoms with Crippen LogP contribution in [-0.4, -0.2) is 9.78 Å². The normalized spacial score (nSPS) is 19.8. The molecular formula is C9H16N4. The highest BCUT2D eigenvalue weighted by Crippen LogP contribution is 2.36. The third-order valence-corrected chi connectivity index (χ3v) is 2.85. The van der Waals surface area contributed by atoms with Crippen molar-refractivity contribution < 1.29 is 0 Å². The lowest BCUT2D eigenvalue weighted by atomic mass is 9.79. The van der Waals surface area contributed by atoms with Crippen molar-refractivity contribution in [2.24, 2.45) is 18.8 Å². The lowest BCUT2D eigenvalue weighted by Crippen LogP contribution is -2.36. The van der Waals surface area contributed by atoms with Crippen LogP contribution in [0.25, 0.3) is 0 Å². The Balaban J connectivity index is 2.11. The molecule has 72 valence electrons. The third kappa shape index (κ3) is 1.59. The predicted molar refractivity (Wildman–Crippen MR) is 50.6 cm³/mol. The van der Waals surface area contributed by atoms with Gasteiger partial charge in [0.15, 0.2) is 0 Å². The zero-order chi connectivity index (χ0) is 9.26. The third-order valence-electron chi connectivity index (χ3n) is 2.85. The lowest BCUT2D eigenvalue weighted by Gasteiger charge is -2.32. The summed E-state index contributed by atoms with van der Waals surface area (Å²) >= 11 is 0. The molecule has 1 heterocycles. The van der Waals surface area contributed by atoms with Gasteiger partial charge < -0.3 is 0 Å². The van der Waals surface area contributed by atoms with Gasteiger partial charge in [-0.3, -0.25) is 16.0 Å². The first-order valence-corrected chi connectivity index (χ1v) is 4.77. The molecule has 0 aromatic carbocycles. The summed E-state index contributed by atoms with van der Waals surface area (Å²) in [5.74, 6) is 6.21. The minimum atomic E-state index is 0.245. The molecule has 1 fully saturated rings. The predicted octanol–water partition coefficient (Wildman–Crippen LogP) is 0.725. The largest absolute Gasteiger partial charge is 0.275 e. The van der Waals surface area contributed by atoms with Gasteiger partial charge in [-0.2, -0.15) is 5.10 Å². The van der Waals surface area contributed by atoms with E-state index in [1.165, 1.54) is 19.3 Å². The van der Waals surface area contributed by atoms with E-state index in [0.29, 0.717) is 5.92 Å². The fourth-order valence-electron chi connectivity index (χ4n) is 1.84. The second-order valence-corrected chi connectivity index (χ2v) is 3.75. The standard InChI is InChI=1S/C9H16N4/c1-13-6-5-8(12-13)9(11-10)7-3-2-4-7/h5-7,9,11H,2-4,10H2,1H3.